The molecule has 5 aromatic rings. The number of benzene rings is 1. The number of unbranched alkanes of at least 4 members (excludes halogenated alkanes) is 2. The van der Waals surface area contributed by atoms with Crippen molar-refractivity contribution in [3.63, 3.8) is 0 Å². The zero-order chi connectivity index (χ0) is 41.2. The second-order valence-electron chi connectivity index (χ2n) is 16.4. The number of aromatic nitrogens is 6. The first kappa shape index (κ1) is 39.2. The minimum absolute atomic E-state index is 0.146. The van der Waals surface area contributed by atoms with Crippen LogP contribution < -0.4 is 20.9 Å². The number of carbonyl (C=O) groups is 4. The number of piperidine rings is 1. The van der Waals surface area contributed by atoms with Crippen LogP contribution in [0.4, 0.5) is 21.9 Å². The number of imide groups is 1. The number of amides is 5. The molecule has 0 spiro atoms. The van der Waals surface area contributed by atoms with Crippen molar-refractivity contribution in [2.45, 2.75) is 96.1 Å². The minimum Gasteiger partial charge on any atom is -0.369 e. The fourth-order valence-corrected chi connectivity index (χ4v) is 9.15. The molecule has 17 heteroatoms. The van der Waals surface area contributed by atoms with Crippen LogP contribution in [0.15, 0.2) is 53.4 Å². The largest absolute Gasteiger partial charge is 0.369 e. The van der Waals surface area contributed by atoms with Gasteiger partial charge in [0.05, 0.1) is 35.7 Å². The molecule has 1 aromatic carbocycles. The van der Waals surface area contributed by atoms with Crippen molar-refractivity contribution in [3.8, 4) is 11.5 Å². The number of anilines is 3. The number of aryl methyl sites for hydroxylation is 2. The van der Waals surface area contributed by atoms with Crippen molar-refractivity contribution >= 4 is 46.5 Å². The molecular formula is C43H50N12O5. The molecule has 1 aliphatic carbocycles. The Morgan fingerprint density at radius 3 is 2.60 bits per heavy atom. The van der Waals surface area contributed by atoms with Crippen molar-refractivity contribution in [3.05, 3.63) is 77.2 Å². The van der Waals surface area contributed by atoms with Gasteiger partial charge >= 0.3 is 6.03 Å². The van der Waals surface area contributed by atoms with Crippen molar-refractivity contribution in [1.82, 2.24) is 44.8 Å². The van der Waals surface area contributed by atoms with E-state index < -0.39 is 6.04 Å². The standard InChI is InChI=1S/C43H50N12O5/c1-27-22-30(47-43(59)48-33-25-44-35-15-16-46-55(35)39(33)28-8-4-2-5-9-28)24-45-38(27)40-50-37(60-51-40)10-6-3-7-17-52-18-20-53(21-19-52)31-11-12-32-29(23-31)26-54(42(32)58)34-13-14-36(56)49-41(34)57/h11-12,15-16,22-25,28,34H,2-10,13-14,17-21,26H2,1H3,(H2,47,48,59)(H,49,56,57). The number of carbonyl (C=O) groups excluding carboxylic acids is 4. The van der Waals surface area contributed by atoms with Gasteiger partial charge in [-0.05, 0) is 81.0 Å². The van der Waals surface area contributed by atoms with E-state index in [0.717, 1.165) is 106 Å². The summed E-state index contributed by atoms with van der Waals surface area (Å²) in [6, 6.07) is 8.70. The van der Waals surface area contributed by atoms with Gasteiger partial charge in [-0.1, -0.05) is 30.8 Å². The molecule has 4 aromatic heterocycles. The Balaban J connectivity index is 0.707. The van der Waals surface area contributed by atoms with Gasteiger partial charge in [-0.3, -0.25) is 29.6 Å². The predicted octanol–water partition coefficient (Wildman–Crippen LogP) is 5.47. The van der Waals surface area contributed by atoms with E-state index in [1.54, 1.807) is 23.5 Å². The van der Waals surface area contributed by atoms with Crippen LogP contribution in [-0.2, 0) is 22.6 Å². The normalized spacial score (nSPS) is 18.9. The van der Waals surface area contributed by atoms with Crippen LogP contribution in [-0.4, -0.2) is 102 Å². The average molecular weight is 815 g/mol. The summed E-state index contributed by atoms with van der Waals surface area (Å²) in [6.07, 6.45) is 15.0. The highest BCUT2D eigenvalue weighted by atomic mass is 16.5. The summed E-state index contributed by atoms with van der Waals surface area (Å²) in [5.74, 6) is 0.489. The molecule has 7 heterocycles. The molecule has 3 N–H and O–H groups in total. The number of urea groups is 1. The zero-order valence-corrected chi connectivity index (χ0v) is 33.9. The van der Waals surface area contributed by atoms with E-state index in [-0.39, 0.29) is 30.2 Å². The van der Waals surface area contributed by atoms with Crippen LogP contribution in [0.5, 0.6) is 0 Å². The maximum atomic E-state index is 13.2. The van der Waals surface area contributed by atoms with E-state index in [1.807, 2.05) is 35.7 Å². The summed E-state index contributed by atoms with van der Waals surface area (Å²) in [5.41, 5.74) is 7.03. The van der Waals surface area contributed by atoms with E-state index in [2.05, 4.69) is 57.0 Å². The van der Waals surface area contributed by atoms with Crippen LogP contribution in [0.2, 0.25) is 0 Å². The number of rotatable bonds is 12. The van der Waals surface area contributed by atoms with E-state index in [4.69, 9.17) is 4.52 Å². The Morgan fingerprint density at radius 1 is 0.933 bits per heavy atom. The molecule has 17 nitrogen and oxygen atoms in total. The zero-order valence-electron chi connectivity index (χ0n) is 33.9. The van der Waals surface area contributed by atoms with E-state index in [9.17, 15) is 19.2 Å². The van der Waals surface area contributed by atoms with Crippen LogP contribution >= 0.6 is 0 Å². The lowest BCUT2D eigenvalue weighted by Gasteiger charge is -2.36. The summed E-state index contributed by atoms with van der Waals surface area (Å²) in [4.78, 5) is 70.5. The number of nitrogens with one attached hydrogen (secondary N) is 3. The van der Waals surface area contributed by atoms with E-state index in [1.165, 1.54) is 6.42 Å². The molecule has 1 saturated carbocycles. The molecule has 60 heavy (non-hydrogen) atoms. The monoisotopic (exact) mass is 814 g/mol. The highest BCUT2D eigenvalue weighted by Crippen LogP contribution is 2.37. The molecule has 0 bridgehead atoms. The van der Waals surface area contributed by atoms with Crippen LogP contribution in [0.25, 0.3) is 17.2 Å². The number of nitrogens with zero attached hydrogens (tertiary/aromatic N) is 9. The van der Waals surface area contributed by atoms with Gasteiger partial charge in [0, 0.05) is 68.8 Å². The van der Waals surface area contributed by atoms with Crippen molar-refractivity contribution < 1.29 is 23.7 Å². The second kappa shape index (κ2) is 17.2. The third-order valence-corrected chi connectivity index (χ3v) is 12.3. The lowest BCUT2D eigenvalue weighted by molar-refractivity contribution is -0.136. The van der Waals surface area contributed by atoms with Gasteiger partial charge in [0.25, 0.3) is 5.91 Å². The summed E-state index contributed by atoms with van der Waals surface area (Å²) in [7, 11) is 0. The summed E-state index contributed by atoms with van der Waals surface area (Å²) in [6.45, 7) is 7.01. The molecule has 312 valence electrons. The lowest BCUT2D eigenvalue weighted by Crippen LogP contribution is -2.52. The Hall–Kier alpha value is -6.23. The second-order valence-corrected chi connectivity index (χ2v) is 16.4. The Kier molecular flexibility index (Phi) is 11.2. The average Bonchev–Trinajstić information content (AvgIpc) is 4.00. The quantitative estimate of drug-likeness (QED) is 0.106. The fraction of sp³-hybridized carbons (Fsp3) is 0.465. The van der Waals surface area contributed by atoms with Gasteiger partial charge in [0.15, 0.2) is 5.65 Å². The highest BCUT2D eigenvalue weighted by molar-refractivity contribution is 6.05. The molecule has 1 unspecified atom stereocenters. The molecule has 2 saturated heterocycles. The maximum Gasteiger partial charge on any atom is 0.323 e. The summed E-state index contributed by atoms with van der Waals surface area (Å²) in [5, 5.41) is 17.0. The van der Waals surface area contributed by atoms with Gasteiger partial charge in [-0.15, -0.1) is 0 Å². The number of hydrogen-bond acceptors (Lipinski definition) is 12. The molecule has 5 amide bonds. The molecule has 4 aliphatic rings. The van der Waals surface area contributed by atoms with Gasteiger partial charge in [-0.2, -0.15) is 10.1 Å². The number of piperazine rings is 1. The van der Waals surface area contributed by atoms with E-state index in [0.29, 0.717) is 59.7 Å². The molecule has 9 rings (SSSR count). The van der Waals surface area contributed by atoms with Crippen molar-refractivity contribution in [2.75, 3.05) is 48.3 Å². The first-order valence-corrected chi connectivity index (χ1v) is 21.2. The number of pyridine rings is 1. The molecule has 3 fully saturated rings. The lowest BCUT2D eigenvalue weighted by atomic mass is 9.86. The van der Waals surface area contributed by atoms with Crippen LogP contribution in [0.3, 0.4) is 0 Å². The van der Waals surface area contributed by atoms with Gasteiger partial charge in [0.2, 0.25) is 23.5 Å². The molecular weight excluding hydrogens is 765 g/mol. The van der Waals surface area contributed by atoms with Gasteiger partial charge in [0.1, 0.15) is 11.7 Å². The Bertz CT molecular complexity index is 2410. The highest BCUT2D eigenvalue weighted by Gasteiger charge is 2.39. The third kappa shape index (κ3) is 8.30. The summed E-state index contributed by atoms with van der Waals surface area (Å²) >= 11 is 0. The number of hydrogen-bond donors (Lipinski definition) is 3. The first-order valence-electron chi connectivity index (χ1n) is 21.2. The maximum absolute atomic E-state index is 13.2. The van der Waals surface area contributed by atoms with Gasteiger partial charge in [-0.25, -0.2) is 14.3 Å². The van der Waals surface area contributed by atoms with Crippen molar-refractivity contribution in [2.24, 2.45) is 0 Å². The van der Waals surface area contributed by atoms with Gasteiger partial charge < -0.3 is 25.0 Å². The Labute approximate surface area is 347 Å². The first-order chi connectivity index (χ1) is 29.3. The van der Waals surface area contributed by atoms with E-state index >= 15 is 0 Å². The molecule has 1 atom stereocenters. The Morgan fingerprint density at radius 2 is 1.78 bits per heavy atom. The smallest absolute Gasteiger partial charge is 0.323 e. The third-order valence-electron chi connectivity index (χ3n) is 12.3. The van der Waals surface area contributed by atoms with Crippen molar-refractivity contribution in [1.29, 1.82) is 0 Å². The predicted molar refractivity (Wildman–Crippen MR) is 222 cm³/mol. The summed E-state index contributed by atoms with van der Waals surface area (Å²) < 4.78 is 7.44. The number of fused-ring (bicyclic) bond motifs is 2. The van der Waals surface area contributed by atoms with Crippen LogP contribution in [0, 0.1) is 6.92 Å². The minimum atomic E-state index is -0.606. The SMILES string of the molecule is Cc1cc(NC(=O)Nc2cnc3ccnn3c2C2CCCCC2)cnc1-c1noc(CCCCCN2CCN(c3ccc4c(c3)CN(C3CCC(=O)NC3=O)C4=O)CC2)n1. The topological polar surface area (TPSA) is 196 Å². The van der Waals surface area contributed by atoms with Crippen LogP contribution in [0.1, 0.15) is 103 Å². The fourth-order valence-electron chi connectivity index (χ4n) is 9.15. The molecule has 3 aliphatic heterocycles. The molecule has 0 radical (unpaired) electrons.